The highest BCUT2D eigenvalue weighted by Crippen LogP contribution is 2.24. The first-order chi connectivity index (χ1) is 8.58. The molecular formula is C13H8ClFN2O. The van der Waals surface area contributed by atoms with E-state index in [0.717, 1.165) is 0 Å². The van der Waals surface area contributed by atoms with Crippen LogP contribution in [0.4, 0.5) is 4.39 Å². The minimum absolute atomic E-state index is 0.150. The van der Waals surface area contributed by atoms with Crippen molar-refractivity contribution in [1.82, 2.24) is 4.98 Å². The minimum Gasteiger partial charge on any atom is -0.439 e. The van der Waals surface area contributed by atoms with Crippen LogP contribution in [0.15, 0.2) is 30.3 Å². The average Bonchev–Trinajstić information content (AvgIpc) is 2.33. The zero-order chi connectivity index (χ0) is 13.1. The smallest absolute Gasteiger partial charge is 0.221 e. The molecule has 1 aromatic carbocycles. The second kappa shape index (κ2) is 5.03. The third-order valence-corrected chi connectivity index (χ3v) is 2.46. The van der Waals surface area contributed by atoms with Crippen molar-refractivity contribution in [2.75, 3.05) is 0 Å². The molecule has 0 aliphatic rings. The van der Waals surface area contributed by atoms with Crippen LogP contribution in [-0.4, -0.2) is 4.98 Å². The third kappa shape index (κ3) is 2.76. The molecule has 0 bridgehead atoms. The van der Waals surface area contributed by atoms with E-state index in [9.17, 15) is 4.39 Å². The van der Waals surface area contributed by atoms with Gasteiger partial charge in [0.1, 0.15) is 16.7 Å². The molecule has 18 heavy (non-hydrogen) atoms. The lowest BCUT2D eigenvalue weighted by atomic mass is 10.2. The zero-order valence-electron chi connectivity index (χ0n) is 9.45. The Bertz CT molecular complexity index is 637. The quantitative estimate of drug-likeness (QED) is 0.773. The molecule has 2 rings (SSSR count). The summed E-state index contributed by atoms with van der Waals surface area (Å²) in [5.74, 6) is 0.0918. The van der Waals surface area contributed by atoms with E-state index < -0.39 is 0 Å². The fourth-order valence-electron chi connectivity index (χ4n) is 1.35. The summed E-state index contributed by atoms with van der Waals surface area (Å²) in [7, 11) is 0. The van der Waals surface area contributed by atoms with Crippen molar-refractivity contribution >= 4 is 11.6 Å². The molecule has 1 heterocycles. The topological polar surface area (TPSA) is 45.9 Å². The lowest BCUT2D eigenvalue weighted by Gasteiger charge is -2.06. The Balaban J connectivity index is 2.31. The maximum absolute atomic E-state index is 13.3. The Morgan fingerprint density at radius 1 is 1.33 bits per heavy atom. The normalized spacial score (nSPS) is 9.89. The molecule has 1 aromatic heterocycles. The number of nitriles is 1. The molecule has 0 N–H and O–H groups in total. The molecule has 0 atom stereocenters. The van der Waals surface area contributed by atoms with Gasteiger partial charge in [0.25, 0.3) is 0 Å². The second-order valence-electron chi connectivity index (χ2n) is 3.64. The van der Waals surface area contributed by atoms with Gasteiger partial charge < -0.3 is 4.74 Å². The van der Waals surface area contributed by atoms with Gasteiger partial charge in [-0.15, -0.1) is 0 Å². The number of hydrogen-bond acceptors (Lipinski definition) is 3. The summed E-state index contributed by atoms with van der Waals surface area (Å²) >= 11 is 5.74. The second-order valence-corrected chi connectivity index (χ2v) is 4.03. The standard InChI is InChI=1S/C13H8ClFN2O/c1-8-2-3-10(6-11(8)15)18-13-5-9(7-16)4-12(14)17-13/h2-6H,1H3. The molecule has 2 aromatic rings. The van der Waals surface area contributed by atoms with Crippen LogP contribution in [0.5, 0.6) is 11.6 Å². The van der Waals surface area contributed by atoms with Crippen LogP contribution >= 0.6 is 11.6 Å². The molecule has 0 radical (unpaired) electrons. The largest absolute Gasteiger partial charge is 0.439 e. The molecule has 0 aliphatic heterocycles. The van der Waals surface area contributed by atoms with Gasteiger partial charge >= 0.3 is 0 Å². The van der Waals surface area contributed by atoms with Crippen molar-refractivity contribution in [2.24, 2.45) is 0 Å². The number of aromatic nitrogens is 1. The summed E-state index contributed by atoms with van der Waals surface area (Å²) in [5.41, 5.74) is 0.858. The van der Waals surface area contributed by atoms with Crippen molar-refractivity contribution in [1.29, 1.82) is 5.26 Å². The van der Waals surface area contributed by atoms with Gasteiger partial charge in [-0.2, -0.15) is 5.26 Å². The van der Waals surface area contributed by atoms with E-state index in [1.54, 1.807) is 19.1 Å². The Morgan fingerprint density at radius 3 is 2.78 bits per heavy atom. The Kier molecular flexibility index (Phi) is 3.45. The summed E-state index contributed by atoms with van der Waals surface area (Å²) in [6.07, 6.45) is 0. The fraction of sp³-hybridized carbons (Fsp3) is 0.0769. The molecule has 0 spiro atoms. The van der Waals surface area contributed by atoms with Gasteiger partial charge in [0.15, 0.2) is 0 Å². The van der Waals surface area contributed by atoms with Crippen molar-refractivity contribution in [3.63, 3.8) is 0 Å². The van der Waals surface area contributed by atoms with E-state index in [1.165, 1.54) is 18.2 Å². The summed E-state index contributed by atoms with van der Waals surface area (Å²) in [6.45, 7) is 1.66. The maximum atomic E-state index is 13.3. The molecule has 0 fully saturated rings. The maximum Gasteiger partial charge on any atom is 0.221 e. The summed E-state index contributed by atoms with van der Waals surface area (Å²) in [5, 5.41) is 8.93. The first-order valence-corrected chi connectivity index (χ1v) is 5.48. The lowest BCUT2D eigenvalue weighted by Crippen LogP contribution is -1.91. The van der Waals surface area contributed by atoms with Crippen LogP contribution in [0.2, 0.25) is 5.15 Å². The lowest BCUT2D eigenvalue weighted by molar-refractivity contribution is 0.457. The van der Waals surface area contributed by atoms with Gasteiger partial charge in [-0.25, -0.2) is 9.37 Å². The molecule has 0 amide bonds. The molecule has 0 saturated carbocycles. The SMILES string of the molecule is Cc1ccc(Oc2cc(C#N)cc(Cl)n2)cc1F. The van der Waals surface area contributed by atoms with E-state index in [0.29, 0.717) is 16.9 Å². The van der Waals surface area contributed by atoms with Gasteiger partial charge in [0.05, 0.1) is 11.6 Å². The van der Waals surface area contributed by atoms with E-state index in [-0.39, 0.29) is 16.9 Å². The summed E-state index contributed by atoms with van der Waals surface area (Å²) in [6, 6.07) is 9.26. The van der Waals surface area contributed by atoms with Gasteiger partial charge in [-0.1, -0.05) is 17.7 Å². The molecule has 0 unspecified atom stereocenters. The Labute approximate surface area is 108 Å². The number of aryl methyl sites for hydroxylation is 1. The van der Waals surface area contributed by atoms with Gasteiger partial charge in [-0.05, 0) is 24.6 Å². The van der Waals surface area contributed by atoms with E-state index in [1.807, 2.05) is 6.07 Å². The molecular weight excluding hydrogens is 255 g/mol. The van der Waals surface area contributed by atoms with Crippen LogP contribution in [-0.2, 0) is 0 Å². The van der Waals surface area contributed by atoms with E-state index >= 15 is 0 Å². The van der Waals surface area contributed by atoms with Crippen LogP contribution in [0.3, 0.4) is 0 Å². The summed E-state index contributed by atoms with van der Waals surface area (Å²) < 4.78 is 18.7. The number of rotatable bonds is 2. The molecule has 3 nitrogen and oxygen atoms in total. The Hall–Kier alpha value is -2.12. The van der Waals surface area contributed by atoms with Crippen molar-refractivity contribution < 1.29 is 9.13 Å². The number of nitrogens with zero attached hydrogens (tertiary/aromatic N) is 2. The van der Waals surface area contributed by atoms with Crippen LogP contribution in [0, 0.1) is 24.1 Å². The predicted octanol–water partition coefficient (Wildman–Crippen LogP) is 3.85. The fourth-order valence-corrected chi connectivity index (χ4v) is 1.55. The van der Waals surface area contributed by atoms with Crippen molar-refractivity contribution in [3.8, 4) is 17.7 Å². The first kappa shape index (κ1) is 12.3. The van der Waals surface area contributed by atoms with Gasteiger partial charge in [0.2, 0.25) is 5.88 Å². The number of benzene rings is 1. The van der Waals surface area contributed by atoms with Gasteiger partial charge in [0, 0.05) is 12.1 Å². The van der Waals surface area contributed by atoms with Crippen LogP contribution < -0.4 is 4.74 Å². The first-order valence-electron chi connectivity index (χ1n) is 5.10. The van der Waals surface area contributed by atoms with Gasteiger partial charge in [-0.3, -0.25) is 0 Å². The highest BCUT2D eigenvalue weighted by molar-refractivity contribution is 6.29. The average molecular weight is 263 g/mol. The number of pyridine rings is 1. The van der Waals surface area contributed by atoms with Crippen LogP contribution in [0.25, 0.3) is 0 Å². The highest BCUT2D eigenvalue weighted by Gasteiger charge is 2.05. The van der Waals surface area contributed by atoms with E-state index in [4.69, 9.17) is 21.6 Å². The zero-order valence-corrected chi connectivity index (χ0v) is 10.2. The molecule has 90 valence electrons. The minimum atomic E-state index is -0.366. The Morgan fingerprint density at radius 2 is 2.11 bits per heavy atom. The molecule has 0 aliphatic carbocycles. The van der Waals surface area contributed by atoms with Crippen LogP contribution in [0.1, 0.15) is 11.1 Å². The third-order valence-electron chi connectivity index (χ3n) is 2.27. The van der Waals surface area contributed by atoms with Crippen molar-refractivity contribution in [3.05, 3.63) is 52.4 Å². The number of ether oxygens (including phenoxy) is 1. The number of hydrogen-bond donors (Lipinski definition) is 0. The highest BCUT2D eigenvalue weighted by atomic mass is 35.5. The van der Waals surface area contributed by atoms with Crippen molar-refractivity contribution in [2.45, 2.75) is 6.92 Å². The molecule has 0 saturated heterocycles. The van der Waals surface area contributed by atoms with E-state index in [2.05, 4.69) is 4.98 Å². The number of halogens is 2. The predicted molar refractivity (Wildman–Crippen MR) is 65.2 cm³/mol. The monoisotopic (exact) mass is 262 g/mol. The molecule has 5 heteroatoms. The summed E-state index contributed by atoms with van der Waals surface area (Å²) in [4.78, 5) is 3.90.